The molecule has 0 aromatic heterocycles. The predicted octanol–water partition coefficient (Wildman–Crippen LogP) is 2.21. The van der Waals surface area contributed by atoms with Crippen LogP contribution in [0.15, 0.2) is 30.3 Å². The topological polar surface area (TPSA) is 55.4 Å². The molecule has 0 heterocycles. The van der Waals surface area contributed by atoms with E-state index in [1.165, 1.54) is 13.5 Å². The van der Waals surface area contributed by atoms with Gasteiger partial charge in [0.15, 0.2) is 6.04 Å². The maximum absolute atomic E-state index is 11.9. The second kappa shape index (κ2) is 6.36. The zero-order valence-electron chi connectivity index (χ0n) is 11.1. The van der Waals surface area contributed by atoms with Crippen molar-refractivity contribution in [1.82, 2.24) is 5.32 Å². The van der Waals surface area contributed by atoms with E-state index in [1.807, 2.05) is 30.3 Å². The summed E-state index contributed by atoms with van der Waals surface area (Å²) in [6.45, 7) is 0. The van der Waals surface area contributed by atoms with Crippen molar-refractivity contribution in [2.24, 2.45) is 5.92 Å². The van der Waals surface area contributed by atoms with E-state index in [2.05, 4.69) is 5.32 Å². The Morgan fingerprint density at radius 2 is 2.00 bits per heavy atom. The van der Waals surface area contributed by atoms with Crippen LogP contribution in [0, 0.1) is 5.92 Å². The summed E-state index contributed by atoms with van der Waals surface area (Å²) >= 11 is 0. The van der Waals surface area contributed by atoms with E-state index in [1.54, 1.807) is 0 Å². The molecule has 1 atom stereocenters. The number of esters is 1. The number of rotatable bonds is 5. The van der Waals surface area contributed by atoms with Gasteiger partial charge in [-0.1, -0.05) is 36.8 Å². The summed E-state index contributed by atoms with van der Waals surface area (Å²) in [6, 6.07) is 8.45. The van der Waals surface area contributed by atoms with E-state index in [4.69, 9.17) is 4.74 Å². The second-order valence-corrected chi connectivity index (χ2v) is 4.94. The van der Waals surface area contributed by atoms with Crippen molar-refractivity contribution in [2.75, 3.05) is 7.11 Å². The van der Waals surface area contributed by atoms with Gasteiger partial charge < -0.3 is 10.1 Å². The third kappa shape index (κ3) is 3.56. The highest BCUT2D eigenvalue weighted by Gasteiger charge is 2.26. The van der Waals surface area contributed by atoms with E-state index < -0.39 is 12.0 Å². The fourth-order valence-electron chi connectivity index (χ4n) is 2.22. The summed E-state index contributed by atoms with van der Waals surface area (Å²) in [6.07, 6.45) is 3.93. The molecule has 1 fully saturated rings. The maximum atomic E-state index is 11.9. The van der Waals surface area contributed by atoms with Crippen molar-refractivity contribution in [3.63, 3.8) is 0 Å². The van der Waals surface area contributed by atoms with E-state index in [9.17, 15) is 9.59 Å². The zero-order chi connectivity index (χ0) is 13.7. The Bertz CT molecular complexity index is 440. The van der Waals surface area contributed by atoms with Crippen molar-refractivity contribution in [3.05, 3.63) is 35.9 Å². The molecule has 4 heteroatoms. The second-order valence-electron chi connectivity index (χ2n) is 4.94. The van der Waals surface area contributed by atoms with Gasteiger partial charge in [0.2, 0.25) is 5.91 Å². The quantitative estimate of drug-likeness (QED) is 0.827. The van der Waals surface area contributed by atoms with Gasteiger partial charge in [0.1, 0.15) is 0 Å². The number of hydrogen-bond donors (Lipinski definition) is 1. The van der Waals surface area contributed by atoms with Gasteiger partial charge in [0, 0.05) is 6.42 Å². The molecule has 0 saturated heterocycles. The Kier molecular flexibility index (Phi) is 4.55. The molecule has 1 N–H and O–H groups in total. The molecule has 0 aliphatic heterocycles. The fourth-order valence-corrected chi connectivity index (χ4v) is 2.22. The van der Waals surface area contributed by atoms with Gasteiger partial charge in [-0.05, 0) is 24.3 Å². The molecule has 4 nitrogen and oxygen atoms in total. The van der Waals surface area contributed by atoms with Crippen LogP contribution in [0.3, 0.4) is 0 Å². The van der Waals surface area contributed by atoms with Crippen LogP contribution >= 0.6 is 0 Å². The highest BCUT2D eigenvalue weighted by molar-refractivity contribution is 5.85. The van der Waals surface area contributed by atoms with Gasteiger partial charge in [0.25, 0.3) is 0 Å². The van der Waals surface area contributed by atoms with Crippen molar-refractivity contribution in [1.29, 1.82) is 0 Å². The molecule has 102 valence electrons. The lowest BCUT2D eigenvalue weighted by Gasteiger charge is -2.25. The maximum Gasteiger partial charge on any atom is 0.333 e. The third-order valence-electron chi connectivity index (χ3n) is 3.57. The van der Waals surface area contributed by atoms with E-state index in [-0.39, 0.29) is 5.91 Å². The van der Waals surface area contributed by atoms with Crippen molar-refractivity contribution >= 4 is 11.9 Å². The number of amides is 1. The molecule has 19 heavy (non-hydrogen) atoms. The number of carbonyl (C=O) groups excluding carboxylic acids is 2. The summed E-state index contributed by atoms with van der Waals surface area (Å²) in [5.41, 5.74) is 0.747. The van der Waals surface area contributed by atoms with Gasteiger partial charge in [-0.3, -0.25) is 4.79 Å². The monoisotopic (exact) mass is 261 g/mol. The Labute approximate surface area is 113 Å². The van der Waals surface area contributed by atoms with Crippen LogP contribution in [0.25, 0.3) is 0 Å². The largest absolute Gasteiger partial charge is 0.467 e. The average molecular weight is 261 g/mol. The molecule has 1 aliphatic rings. The standard InChI is InChI=1S/C15H19NO3/c1-19-15(18)14(12-8-3-2-4-9-12)16-13(17)10-11-6-5-7-11/h2-4,8-9,11,14H,5-7,10H2,1H3,(H,16,17). The number of carbonyl (C=O) groups is 2. The summed E-state index contributed by atoms with van der Waals surface area (Å²) in [5, 5.41) is 2.77. The Balaban J connectivity index is 2.01. The molecule has 0 radical (unpaired) electrons. The first-order chi connectivity index (χ1) is 9.20. The minimum atomic E-state index is -0.709. The highest BCUT2D eigenvalue weighted by atomic mass is 16.5. The first kappa shape index (κ1) is 13.6. The molecule has 1 saturated carbocycles. The van der Waals surface area contributed by atoms with Crippen LogP contribution in [-0.4, -0.2) is 19.0 Å². The lowest BCUT2D eigenvalue weighted by atomic mass is 9.83. The van der Waals surface area contributed by atoms with Gasteiger partial charge in [-0.15, -0.1) is 0 Å². The number of nitrogens with one attached hydrogen (secondary N) is 1. The Morgan fingerprint density at radius 1 is 1.32 bits per heavy atom. The molecular weight excluding hydrogens is 242 g/mol. The minimum Gasteiger partial charge on any atom is -0.467 e. The average Bonchev–Trinajstić information content (AvgIpc) is 2.40. The number of methoxy groups -OCH3 is 1. The molecule has 2 rings (SSSR count). The summed E-state index contributed by atoms with van der Waals surface area (Å²) < 4.78 is 4.76. The molecule has 1 aromatic rings. The molecule has 0 bridgehead atoms. The van der Waals surface area contributed by atoms with Crippen LogP contribution in [0.4, 0.5) is 0 Å². The summed E-state index contributed by atoms with van der Waals surface area (Å²) in [4.78, 5) is 23.7. The SMILES string of the molecule is COC(=O)C(NC(=O)CC1CCC1)c1ccccc1. The predicted molar refractivity (Wildman–Crippen MR) is 71.3 cm³/mol. The molecular formula is C15H19NO3. The molecule has 1 aliphatic carbocycles. The van der Waals surface area contributed by atoms with Gasteiger partial charge in [-0.25, -0.2) is 4.79 Å². The van der Waals surface area contributed by atoms with Crippen LogP contribution in [0.5, 0.6) is 0 Å². The Hall–Kier alpha value is -1.84. The van der Waals surface area contributed by atoms with E-state index in [0.717, 1.165) is 18.4 Å². The lowest BCUT2D eigenvalue weighted by molar-refractivity contribution is -0.145. The van der Waals surface area contributed by atoms with E-state index in [0.29, 0.717) is 12.3 Å². The third-order valence-corrected chi connectivity index (χ3v) is 3.57. The first-order valence-electron chi connectivity index (χ1n) is 6.63. The van der Waals surface area contributed by atoms with Crippen LogP contribution in [0.2, 0.25) is 0 Å². The van der Waals surface area contributed by atoms with Gasteiger partial charge in [-0.2, -0.15) is 0 Å². The highest BCUT2D eigenvalue weighted by Crippen LogP contribution is 2.29. The van der Waals surface area contributed by atoms with Gasteiger partial charge in [0.05, 0.1) is 7.11 Å². The molecule has 1 aromatic carbocycles. The number of benzene rings is 1. The van der Waals surface area contributed by atoms with Crippen LogP contribution < -0.4 is 5.32 Å². The van der Waals surface area contributed by atoms with Crippen LogP contribution in [-0.2, 0) is 14.3 Å². The molecule has 0 spiro atoms. The number of hydrogen-bond acceptors (Lipinski definition) is 3. The summed E-state index contributed by atoms with van der Waals surface area (Å²) in [7, 11) is 1.33. The number of ether oxygens (including phenoxy) is 1. The van der Waals surface area contributed by atoms with Crippen molar-refractivity contribution < 1.29 is 14.3 Å². The first-order valence-corrected chi connectivity index (χ1v) is 6.63. The summed E-state index contributed by atoms with van der Waals surface area (Å²) in [5.74, 6) is -0.0359. The van der Waals surface area contributed by atoms with Gasteiger partial charge >= 0.3 is 5.97 Å². The smallest absolute Gasteiger partial charge is 0.333 e. The van der Waals surface area contributed by atoms with Crippen molar-refractivity contribution in [3.8, 4) is 0 Å². The molecule has 1 amide bonds. The zero-order valence-corrected chi connectivity index (χ0v) is 11.1. The van der Waals surface area contributed by atoms with Crippen LogP contribution in [0.1, 0.15) is 37.3 Å². The lowest BCUT2D eigenvalue weighted by Crippen LogP contribution is -2.36. The van der Waals surface area contributed by atoms with E-state index >= 15 is 0 Å². The normalized spacial score (nSPS) is 16.3. The minimum absolute atomic E-state index is 0.0797. The fraction of sp³-hybridized carbons (Fsp3) is 0.467. The molecule has 1 unspecified atom stereocenters. The van der Waals surface area contributed by atoms with Crippen molar-refractivity contribution in [2.45, 2.75) is 31.7 Å². The Morgan fingerprint density at radius 3 is 2.53 bits per heavy atom.